The molecule has 0 amide bonds. The van der Waals surface area contributed by atoms with E-state index in [9.17, 15) is 19.2 Å². The molecule has 8 nitrogen and oxygen atoms in total. The van der Waals surface area contributed by atoms with Crippen LogP contribution in [0.1, 0.15) is 12.8 Å². The van der Waals surface area contributed by atoms with Crippen molar-refractivity contribution in [1.29, 1.82) is 0 Å². The van der Waals surface area contributed by atoms with Gasteiger partial charge in [-0.2, -0.15) is 0 Å². The topological polar surface area (TPSA) is 105 Å². The van der Waals surface area contributed by atoms with Crippen molar-refractivity contribution in [3.05, 3.63) is 0 Å². The van der Waals surface area contributed by atoms with E-state index in [-0.39, 0.29) is 0 Å². The molecule has 1 saturated heterocycles. The molecule has 0 N–H and O–H groups in total. The highest BCUT2D eigenvalue weighted by Gasteiger charge is 2.55. The van der Waals surface area contributed by atoms with Crippen LogP contribution in [0.2, 0.25) is 0 Å². The van der Waals surface area contributed by atoms with Gasteiger partial charge in [0.1, 0.15) is 0 Å². The molecule has 0 aromatic rings. The van der Waals surface area contributed by atoms with Gasteiger partial charge in [-0.15, -0.1) is 0 Å². The van der Waals surface area contributed by atoms with Crippen molar-refractivity contribution < 1.29 is 38.1 Å². The van der Waals surface area contributed by atoms with Gasteiger partial charge in [0.2, 0.25) is 5.60 Å². The quantitative estimate of drug-likeness (QED) is 0.373. The summed E-state index contributed by atoms with van der Waals surface area (Å²) in [6.07, 6.45) is -2.48. The molecule has 8 heteroatoms. The maximum atomic E-state index is 11.4. The molecule has 0 aromatic heterocycles. The number of hydrogen-bond acceptors (Lipinski definition) is 8. The van der Waals surface area contributed by atoms with Crippen LogP contribution in [-0.4, -0.2) is 43.9 Å². The van der Waals surface area contributed by atoms with E-state index >= 15 is 0 Å². The molecule has 0 radical (unpaired) electrons. The van der Waals surface area contributed by atoms with Crippen LogP contribution in [0.15, 0.2) is 0 Å². The fourth-order valence-corrected chi connectivity index (χ4v) is 1.28. The van der Waals surface area contributed by atoms with E-state index in [0.717, 1.165) is 14.2 Å². The Bertz CT molecular complexity index is 353. The van der Waals surface area contributed by atoms with Crippen molar-refractivity contribution in [1.82, 2.24) is 0 Å². The highest BCUT2D eigenvalue weighted by molar-refractivity contribution is 5.99. The summed E-state index contributed by atoms with van der Waals surface area (Å²) in [5.41, 5.74) is -1.99. The first kappa shape index (κ1) is 12.9. The van der Waals surface area contributed by atoms with Crippen molar-refractivity contribution in [3.63, 3.8) is 0 Å². The van der Waals surface area contributed by atoms with E-state index < -0.39 is 42.5 Å². The molecule has 17 heavy (non-hydrogen) atoms. The van der Waals surface area contributed by atoms with Gasteiger partial charge in [-0.05, 0) is 0 Å². The number of cyclic esters (lactones) is 3. The number of methoxy groups -OCH3 is 2. The van der Waals surface area contributed by atoms with Gasteiger partial charge in [0.15, 0.2) is 0 Å². The number of ether oxygens (including phenoxy) is 4. The van der Waals surface area contributed by atoms with Crippen LogP contribution in [0.3, 0.4) is 0 Å². The fourth-order valence-electron chi connectivity index (χ4n) is 1.28. The van der Waals surface area contributed by atoms with Crippen LogP contribution in [0, 0.1) is 0 Å². The molecule has 0 aliphatic carbocycles. The fraction of sp³-hybridized carbons (Fsp3) is 0.556. The highest BCUT2D eigenvalue weighted by atomic mass is 16.8. The molecule has 0 saturated carbocycles. The van der Waals surface area contributed by atoms with E-state index in [1.165, 1.54) is 0 Å². The van der Waals surface area contributed by atoms with E-state index in [1.54, 1.807) is 0 Å². The van der Waals surface area contributed by atoms with Gasteiger partial charge in [0.05, 0.1) is 27.1 Å². The van der Waals surface area contributed by atoms with E-state index in [2.05, 4.69) is 18.9 Å². The molecule has 1 heterocycles. The van der Waals surface area contributed by atoms with Gasteiger partial charge in [-0.1, -0.05) is 0 Å². The zero-order valence-electron chi connectivity index (χ0n) is 9.18. The smallest absolute Gasteiger partial charge is 0.469 e. The number of hydrogen-bond donors (Lipinski definition) is 0. The third-order valence-corrected chi connectivity index (χ3v) is 2.14. The summed E-state index contributed by atoms with van der Waals surface area (Å²) in [6.45, 7) is 0. The lowest BCUT2D eigenvalue weighted by atomic mass is 9.96. The summed E-state index contributed by atoms with van der Waals surface area (Å²) >= 11 is 0. The zero-order valence-corrected chi connectivity index (χ0v) is 9.18. The summed E-state index contributed by atoms with van der Waals surface area (Å²) in [5.74, 6) is -2.75. The highest BCUT2D eigenvalue weighted by Crippen LogP contribution is 2.30. The molecular weight excluding hydrogens is 236 g/mol. The van der Waals surface area contributed by atoms with Crippen LogP contribution < -0.4 is 0 Å². The first-order chi connectivity index (χ1) is 7.93. The SMILES string of the molecule is COC(=O)CC1(CC(=O)OC)OC(=O)OC1=O. The summed E-state index contributed by atoms with van der Waals surface area (Å²) in [7, 11) is 2.19. The normalized spacial score (nSPS) is 17.1. The van der Waals surface area contributed by atoms with Gasteiger partial charge in [-0.3, -0.25) is 9.59 Å². The lowest BCUT2D eigenvalue weighted by Gasteiger charge is -2.19. The largest absolute Gasteiger partial charge is 0.517 e. The lowest BCUT2D eigenvalue weighted by molar-refractivity contribution is -0.160. The lowest BCUT2D eigenvalue weighted by Crippen LogP contribution is -2.41. The summed E-state index contributed by atoms with van der Waals surface area (Å²) < 4.78 is 17.4. The molecule has 94 valence electrons. The van der Waals surface area contributed by atoms with E-state index in [4.69, 9.17) is 0 Å². The zero-order chi connectivity index (χ0) is 13.1. The molecule has 0 atom stereocenters. The second-order valence-corrected chi connectivity index (χ2v) is 3.24. The predicted octanol–water partition coefficient (Wildman–Crippen LogP) is -0.455. The molecule has 1 fully saturated rings. The minimum absolute atomic E-state index is 0.608. The Morgan fingerprint density at radius 1 is 1.12 bits per heavy atom. The van der Waals surface area contributed by atoms with Crippen molar-refractivity contribution in [2.45, 2.75) is 18.4 Å². The molecule has 0 bridgehead atoms. The monoisotopic (exact) mass is 246 g/mol. The third kappa shape index (κ3) is 2.71. The van der Waals surface area contributed by atoms with Crippen LogP contribution in [-0.2, 0) is 33.3 Å². The second-order valence-electron chi connectivity index (χ2n) is 3.24. The Balaban J connectivity index is 2.92. The maximum Gasteiger partial charge on any atom is 0.517 e. The Hall–Kier alpha value is -2.12. The molecule has 0 aromatic carbocycles. The van der Waals surface area contributed by atoms with Gasteiger partial charge < -0.3 is 18.9 Å². The summed E-state index contributed by atoms with van der Waals surface area (Å²) in [6, 6.07) is 0. The molecular formula is C9H10O8. The first-order valence-corrected chi connectivity index (χ1v) is 4.52. The Morgan fingerprint density at radius 3 is 1.88 bits per heavy atom. The van der Waals surface area contributed by atoms with Crippen molar-refractivity contribution in [3.8, 4) is 0 Å². The average Bonchev–Trinajstić information content (AvgIpc) is 2.53. The van der Waals surface area contributed by atoms with E-state index in [0.29, 0.717) is 0 Å². The number of esters is 3. The van der Waals surface area contributed by atoms with Crippen molar-refractivity contribution >= 4 is 24.1 Å². The van der Waals surface area contributed by atoms with Crippen molar-refractivity contribution in [2.24, 2.45) is 0 Å². The number of carbonyl (C=O) groups excluding carboxylic acids is 4. The van der Waals surface area contributed by atoms with E-state index in [1.807, 2.05) is 0 Å². The van der Waals surface area contributed by atoms with Crippen LogP contribution in [0.4, 0.5) is 4.79 Å². The van der Waals surface area contributed by atoms with Gasteiger partial charge in [-0.25, -0.2) is 9.59 Å². The molecule has 1 rings (SSSR count). The maximum absolute atomic E-state index is 11.4. The third-order valence-electron chi connectivity index (χ3n) is 2.14. The number of rotatable bonds is 4. The summed E-state index contributed by atoms with van der Waals surface area (Å²) in [4.78, 5) is 44.5. The Morgan fingerprint density at radius 2 is 1.59 bits per heavy atom. The van der Waals surface area contributed by atoms with Crippen molar-refractivity contribution in [2.75, 3.05) is 14.2 Å². The predicted molar refractivity (Wildman–Crippen MR) is 48.6 cm³/mol. The standard InChI is InChI=1S/C9H10O8/c1-14-5(10)3-9(4-6(11)15-2)7(12)16-8(13)17-9/h3-4H2,1-2H3. The number of carbonyl (C=O) groups is 4. The molecule has 1 aliphatic rings. The Labute approximate surface area is 95.8 Å². The molecule has 1 aliphatic heterocycles. The minimum atomic E-state index is -1.99. The first-order valence-electron chi connectivity index (χ1n) is 4.52. The van der Waals surface area contributed by atoms with Gasteiger partial charge in [0, 0.05) is 0 Å². The minimum Gasteiger partial charge on any atom is -0.469 e. The summed E-state index contributed by atoms with van der Waals surface area (Å²) in [5, 5.41) is 0. The molecule has 0 unspecified atom stereocenters. The van der Waals surface area contributed by atoms with Gasteiger partial charge in [0.25, 0.3) is 0 Å². The van der Waals surface area contributed by atoms with Crippen LogP contribution in [0.5, 0.6) is 0 Å². The van der Waals surface area contributed by atoms with Gasteiger partial charge >= 0.3 is 24.1 Å². The Kier molecular flexibility index (Phi) is 3.66. The second kappa shape index (κ2) is 4.81. The average molecular weight is 246 g/mol. The van der Waals surface area contributed by atoms with Crippen LogP contribution >= 0.6 is 0 Å². The molecule has 0 spiro atoms. The van der Waals surface area contributed by atoms with Crippen LogP contribution in [0.25, 0.3) is 0 Å².